The number of anilines is 2. The quantitative estimate of drug-likeness (QED) is 0.179. The Labute approximate surface area is 403 Å². The van der Waals surface area contributed by atoms with Crippen molar-refractivity contribution >= 4 is 105 Å². The first-order valence-electron chi connectivity index (χ1n) is 24.5. The highest BCUT2D eigenvalue weighted by molar-refractivity contribution is 7.25. The van der Waals surface area contributed by atoms with Gasteiger partial charge in [-0.3, -0.25) is 0 Å². The van der Waals surface area contributed by atoms with Gasteiger partial charge in [-0.05, 0) is 145 Å². The molecular formula is C63H54BN2OS. The Kier molecular flexibility index (Phi) is 7.96. The normalized spacial score (nSPS) is 16.4. The van der Waals surface area contributed by atoms with E-state index < -0.39 is 0 Å². The number of nitrogens with zero attached hydrogens (tertiary/aromatic N) is 1. The summed E-state index contributed by atoms with van der Waals surface area (Å²) in [5, 5.41) is 11.4. The Morgan fingerprint density at radius 2 is 1.25 bits per heavy atom. The minimum absolute atomic E-state index is 0.0627. The molecule has 0 atom stereocenters. The van der Waals surface area contributed by atoms with Gasteiger partial charge in [0.25, 0.3) is 0 Å². The van der Waals surface area contributed by atoms with E-state index in [0.717, 1.165) is 33.3 Å². The smallest absolute Gasteiger partial charge is 0.197 e. The van der Waals surface area contributed by atoms with E-state index in [9.17, 15) is 0 Å². The first kappa shape index (κ1) is 40.5. The number of fused-ring (bicyclic) bond motifs is 15. The minimum atomic E-state index is -0.200. The van der Waals surface area contributed by atoms with Crippen molar-refractivity contribution in [2.45, 2.75) is 96.8 Å². The molecule has 1 N–H and O–H groups in total. The van der Waals surface area contributed by atoms with Gasteiger partial charge in [0.1, 0.15) is 11.2 Å². The van der Waals surface area contributed by atoms with Crippen LogP contribution in [0, 0.1) is 0 Å². The van der Waals surface area contributed by atoms with Crippen LogP contribution in [-0.4, -0.2) is 11.8 Å². The van der Waals surface area contributed by atoms with Crippen LogP contribution in [0.4, 0.5) is 11.4 Å². The van der Waals surface area contributed by atoms with Crippen molar-refractivity contribution in [3.8, 4) is 27.9 Å². The van der Waals surface area contributed by atoms with Gasteiger partial charge in [-0.25, -0.2) is 0 Å². The molecule has 4 heterocycles. The summed E-state index contributed by atoms with van der Waals surface area (Å²) in [7, 11) is 2.49. The molecule has 0 spiro atoms. The average molecular weight is 898 g/mol. The number of thiophene rings is 1. The molecule has 3 nitrogen and oxygen atoms in total. The summed E-state index contributed by atoms with van der Waals surface area (Å²) in [4.78, 5) is 0. The summed E-state index contributed by atoms with van der Waals surface area (Å²) in [5.74, 6) is 0. The summed E-state index contributed by atoms with van der Waals surface area (Å²) >= 11 is 1.89. The van der Waals surface area contributed by atoms with Crippen LogP contribution in [0.3, 0.4) is 0 Å². The van der Waals surface area contributed by atoms with Crippen LogP contribution in [0.2, 0.25) is 0 Å². The molecule has 0 unspecified atom stereocenters. The van der Waals surface area contributed by atoms with Crippen molar-refractivity contribution in [2.75, 3.05) is 5.32 Å². The lowest BCUT2D eigenvalue weighted by atomic mass is 9.59. The molecule has 1 aliphatic heterocycles. The number of nitrogens with one attached hydrogen (secondary N) is 1. The fraction of sp³-hybridized carbons (Fsp3) is 0.238. The third-order valence-electron chi connectivity index (χ3n) is 16.6. The predicted octanol–water partition coefficient (Wildman–Crippen LogP) is 16.4. The number of furan rings is 1. The maximum absolute atomic E-state index is 6.57. The fourth-order valence-electron chi connectivity index (χ4n) is 12.6. The number of para-hydroxylation sites is 1. The van der Waals surface area contributed by atoms with Gasteiger partial charge in [0, 0.05) is 69.9 Å². The highest BCUT2D eigenvalue weighted by Crippen LogP contribution is 2.56. The maximum Gasteiger partial charge on any atom is 0.197 e. The largest absolute Gasteiger partial charge is 0.456 e. The van der Waals surface area contributed by atoms with Crippen LogP contribution >= 0.6 is 11.3 Å². The highest BCUT2D eigenvalue weighted by Gasteiger charge is 2.43. The summed E-state index contributed by atoms with van der Waals surface area (Å²) in [5.41, 5.74) is 22.6. The van der Waals surface area contributed by atoms with Crippen LogP contribution in [0.15, 0.2) is 138 Å². The van der Waals surface area contributed by atoms with Crippen molar-refractivity contribution in [2.24, 2.45) is 0 Å². The van der Waals surface area contributed by atoms with Crippen molar-refractivity contribution in [1.82, 2.24) is 4.57 Å². The molecule has 14 rings (SSSR count). The standard InChI is InChI=1S/C63H54BN2OS/c1-60(2,3)34-18-20-35(21-19-34)65-51-29-41-40-26-48-49(62(6,7)25-24-61(48,4)5)32-47(40)63(8,9)46(41)27-42(51)38-22-23-39-43-31-55-44(36-14-10-12-16-54(36)67-55)30-52(43)66-53-33-57-45(28-50(53)64-58(38)59(39)66)37-15-11-13-17-56(37)68-57/h10-23,26-33,65H,24-25H2,1-9H3. The number of rotatable bonds is 3. The Morgan fingerprint density at radius 1 is 0.559 bits per heavy atom. The van der Waals surface area contributed by atoms with Crippen LogP contribution in [0.5, 0.6) is 0 Å². The molecular weight excluding hydrogens is 844 g/mol. The van der Waals surface area contributed by atoms with E-state index >= 15 is 0 Å². The Morgan fingerprint density at radius 3 is 2.03 bits per heavy atom. The van der Waals surface area contributed by atoms with Crippen molar-refractivity contribution in [1.29, 1.82) is 0 Å². The lowest BCUT2D eigenvalue weighted by Gasteiger charge is -2.42. The second kappa shape index (κ2) is 13.4. The second-order valence-corrected chi connectivity index (χ2v) is 24.2. The summed E-state index contributed by atoms with van der Waals surface area (Å²) in [6.07, 6.45) is 2.39. The van der Waals surface area contributed by atoms with Gasteiger partial charge in [0.2, 0.25) is 0 Å². The summed E-state index contributed by atoms with van der Waals surface area (Å²) < 4.78 is 11.8. The Bertz CT molecular complexity index is 4030. The molecule has 0 bridgehead atoms. The first-order valence-corrected chi connectivity index (χ1v) is 25.3. The van der Waals surface area contributed by atoms with Gasteiger partial charge < -0.3 is 14.3 Å². The van der Waals surface area contributed by atoms with E-state index in [-0.39, 0.29) is 21.7 Å². The molecule has 0 saturated heterocycles. The Balaban J connectivity index is 1.05. The molecule has 1 radical (unpaired) electrons. The van der Waals surface area contributed by atoms with E-state index in [0.29, 0.717) is 0 Å². The number of hydrogen-bond donors (Lipinski definition) is 1. The number of aromatic nitrogens is 1. The minimum Gasteiger partial charge on any atom is -0.456 e. The molecule has 0 saturated carbocycles. The average Bonchev–Trinajstić information content (AvgIpc) is 4.02. The zero-order valence-corrected chi connectivity index (χ0v) is 41.3. The van der Waals surface area contributed by atoms with Gasteiger partial charge in [0.15, 0.2) is 7.28 Å². The first-order chi connectivity index (χ1) is 32.5. The van der Waals surface area contributed by atoms with Crippen LogP contribution in [0.25, 0.3) is 91.9 Å². The second-order valence-electron chi connectivity index (χ2n) is 23.1. The topological polar surface area (TPSA) is 30.1 Å². The van der Waals surface area contributed by atoms with E-state index in [4.69, 9.17) is 4.42 Å². The molecule has 5 heteroatoms. The molecule has 11 aromatic rings. The van der Waals surface area contributed by atoms with Crippen molar-refractivity contribution in [3.63, 3.8) is 0 Å². The third-order valence-corrected chi connectivity index (χ3v) is 17.8. The van der Waals surface area contributed by atoms with Gasteiger partial charge in [-0.1, -0.05) is 141 Å². The van der Waals surface area contributed by atoms with Gasteiger partial charge in [0.05, 0.1) is 5.52 Å². The molecule has 2 aliphatic carbocycles. The molecule has 68 heavy (non-hydrogen) atoms. The van der Waals surface area contributed by atoms with Crippen molar-refractivity contribution in [3.05, 3.63) is 161 Å². The van der Waals surface area contributed by atoms with Gasteiger partial charge in [-0.2, -0.15) is 0 Å². The lowest BCUT2D eigenvalue weighted by Crippen LogP contribution is -2.37. The van der Waals surface area contributed by atoms with E-state index in [1.807, 2.05) is 11.3 Å². The molecule has 0 amide bonds. The van der Waals surface area contributed by atoms with E-state index in [1.165, 1.54) is 122 Å². The number of benzene rings is 8. The van der Waals surface area contributed by atoms with Crippen LogP contribution in [-0.2, 0) is 21.7 Å². The SMILES string of the molecule is CC(C)(C)c1ccc(Nc2cc3c(cc2-c2ccc4c5cc6oc7ccccc7c6cc5n5c4c2[B]c2cc4c(cc2-5)sc2ccccc24)C(C)(C)c2cc4c(cc2-3)C(C)(C)CCC4(C)C)cc1. The van der Waals surface area contributed by atoms with Crippen LogP contribution < -0.4 is 16.2 Å². The zero-order valence-electron chi connectivity index (χ0n) is 40.5. The summed E-state index contributed by atoms with van der Waals surface area (Å²) in [6, 6.07) is 51.0. The monoisotopic (exact) mass is 897 g/mol. The van der Waals surface area contributed by atoms with Crippen LogP contribution in [0.1, 0.15) is 103 Å². The molecule has 8 aromatic carbocycles. The molecule has 331 valence electrons. The number of hydrogen-bond acceptors (Lipinski definition) is 3. The van der Waals surface area contributed by atoms with Gasteiger partial charge in [-0.15, -0.1) is 11.3 Å². The molecule has 0 fully saturated rings. The fourth-order valence-corrected chi connectivity index (χ4v) is 13.7. The van der Waals surface area contributed by atoms with Crippen molar-refractivity contribution < 1.29 is 4.42 Å². The maximum atomic E-state index is 6.57. The predicted molar refractivity (Wildman–Crippen MR) is 293 cm³/mol. The van der Waals surface area contributed by atoms with E-state index in [2.05, 4.69) is 213 Å². The molecule has 3 aliphatic rings. The Hall–Kier alpha value is -6.56. The lowest BCUT2D eigenvalue weighted by molar-refractivity contribution is 0.331. The summed E-state index contributed by atoms with van der Waals surface area (Å²) in [6.45, 7) is 21.6. The van der Waals surface area contributed by atoms with Gasteiger partial charge >= 0.3 is 0 Å². The molecule has 3 aromatic heterocycles. The zero-order chi connectivity index (χ0) is 46.4. The highest BCUT2D eigenvalue weighted by atomic mass is 32.1. The third kappa shape index (κ3) is 5.54. The van der Waals surface area contributed by atoms with E-state index in [1.54, 1.807) is 0 Å².